The number of fused-ring (bicyclic) bond motifs is 1. The number of aliphatic hydroxyl groups excluding tert-OH is 2. The first-order valence-corrected chi connectivity index (χ1v) is 19.4. The lowest BCUT2D eigenvalue weighted by atomic mass is 9.92. The molecule has 13 heteroatoms. The highest BCUT2D eigenvalue weighted by Crippen LogP contribution is 2.46. The molecule has 1 aliphatic heterocycles. The molecule has 0 bridgehead atoms. The first-order valence-electron chi connectivity index (χ1n) is 16.7. The lowest BCUT2D eigenvalue weighted by molar-refractivity contribution is -0.0643. The van der Waals surface area contributed by atoms with Crippen LogP contribution in [-0.2, 0) is 24.0 Å². The summed E-state index contributed by atoms with van der Waals surface area (Å²) in [5.74, 6) is 1.88. The van der Waals surface area contributed by atoms with Crippen LogP contribution >= 0.6 is 19.6 Å². The fourth-order valence-corrected chi connectivity index (χ4v) is 7.41. The minimum absolute atomic E-state index is 0.0492. The summed E-state index contributed by atoms with van der Waals surface area (Å²) in [5.41, 5.74) is -0.498. The van der Waals surface area contributed by atoms with E-state index in [0.717, 1.165) is 11.5 Å². The number of hydrogen-bond acceptors (Lipinski definition) is 10. The van der Waals surface area contributed by atoms with E-state index in [9.17, 15) is 24.9 Å². The van der Waals surface area contributed by atoms with Gasteiger partial charge in [0, 0.05) is 0 Å². The maximum absolute atomic E-state index is 12.4. The molecular formula is C32H53N4O7PS. The molecule has 0 radical (unpaired) electrons. The molecule has 1 fully saturated rings. The summed E-state index contributed by atoms with van der Waals surface area (Å²) in [6.07, 6.45) is 16.2. The van der Waals surface area contributed by atoms with Crippen LogP contribution in [0.5, 0.6) is 0 Å². The molecule has 0 aliphatic carbocycles. The monoisotopic (exact) mass is 668 g/mol. The first kappa shape index (κ1) is 37.9. The third kappa shape index (κ3) is 11.6. The summed E-state index contributed by atoms with van der Waals surface area (Å²) in [7, 11) is -4.43. The summed E-state index contributed by atoms with van der Waals surface area (Å²) in [4.78, 5) is 14.2. The molecule has 0 spiro atoms. The average Bonchev–Trinajstić information content (AvgIpc) is 3.57. The van der Waals surface area contributed by atoms with Crippen molar-refractivity contribution in [3.63, 3.8) is 0 Å². The maximum atomic E-state index is 12.4. The molecule has 45 heavy (non-hydrogen) atoms. The van der Waals surface area contributed by atoms with Gasteiger partial charge in [0.05, 0.1) is 30.1 Å². The SMILES string of the molecule is CCCCCCCCCCCCCCCCSCCCOP(=O)(O)OC[C@H]1O[C@@](C#N)(c2ccc3c(C)ncnn23)[C@H](O)[C@@H]1O. The third-order valence-corrected chi connectivity index (χ3v) is 10.5. The molecule has 1 aliphatic rings. The molecule has 2 aromatic heterocycles. The van der Waals surface area contributed by atoms with Gasteiger partial charge in [0.15, 0.2) is 0 Å². The number of phosphoric ester groups is 1. The summed E-state index contributed by atoms with van der Waals surface area (Å²) < 4.78 is 29.8. The van der Waals surface area contributed by atoms with E-state index < -0.39 is 38.3 Å². The number of hydrogen-bond donors (Lipinski definition) is 3. The lowest BCUT2D eigenvalue weighted by Gasteiger charge is -2.24. The zero-order chi connectivity index (χ0) is 32.5. The second-order valence-electron chi connectivity index (χ2n) is 12.0. The van der Waals surface area contributed by atoms with E-state index in [-0.39, 0.29) is 12.3 Å². The minimum atomic E-state index is -4.43. The molecule has 5 atom stereocenters. The van der Waals surface area contributed by atoms with Crippen molar-refractivity contribution in [3.8, 4) is 6.07 Å². The first-order chi connectivity index (χ1) is 21.8. The van der Waals surface area contributed by atoms with Crippen LogP contribution in [0, 0.1) is 18.3 Å². The topological polar surface area (TPSA) is 159 Å². The van der Waals surface area contributed by atoms with Gasteiger partial charge in [-0.25, -0.2) is 14.1 Å². The number of aryl methyl sites for hydroxylation is 1. The Bertz CT molecular complexity index is 1230. The molecule has 2 aromatic rings. The molecule has 0 aromatic carbocycles. The number of thioether (sulfide) groups is 1. The minimum Gasteiger partial charge on any atom is -0.387 e. The van der Waals surface area contributed by atoms with Crippen LogP contribution < -0.4 is 0 Å². The van der Waals surface area contributed by atoms with Crippen molar-refractivity contribution in [2.45, 2.75) is 134 Å². The second-order valence-corrected chi connectivity index (χ2v) is 14.6. The van der Waals surface area contributed by atoms with E-state index in [4.69, 9.17) is 13.8 Å². The highest BCUT2D eigenvalue weighted by molar-refractivity contribution is 7.99. The fourth-order valence-electron chi connectivity index (χ4n) is 5.70. The quantitative estimate of drug-likeness (QED) is 0.0815. The molecular weight excluding hydrogens is 615 g/mol. The number of unbranched alkanes of at least 4 members (excludes halogenated alkanes) is 13. The van der Waals surface area contributed by atoms with Crippen LogP contribution in [-0.4, -0.2) is 72.7 Å². The van der Waals surface area contributed by atoms with E-state index in [2.05, 4.69) is 17.0 Å². The van der Waals surface area contributed by atoms with Gasteiger partial charge in [-0.15, -0.1) is 0 Å². The number of rotatable bonds is 24. The number of phosphoric acid groups is 1. The van der Waals surface area contributed by atoms with Crippen molar-refractivity contribution in [3.05, 3.63) is 29.8 Å². The van der Waals surface area contributed by atoms with Gasteiger partial charge >= 0.3 is 7.82 Å². The van der Waals surface area contributed by atoms with E-state index in [1.165, 1.54) is 101 Å². The summed E-state index contributed by atoms with van der Waals surface area (Å²) in [5, 5.41) is 35.6. The summed E-state index contributed by atoms with van der Waals surface area (Å²) in [6, 6.07) is 5.21. The Morgan fingerprint density at radius 1 is 0.978 bits per heavy atom. The zero-order valence-corrected chi connectivity index (χ0v) is 28.7. The number of nitrogens with zero attached hydrogens (tertiary/aromatic N) is 4. The van der Waals surface area contributed by atoms with Gasteiger partial charge in [-0.1, -0.05) is 90.4 Å². The van der Waals surface area contributed by atoms with E-state index in [1.807, 2.05) is 17.8 Å². The van der Waals surface area contributed by atoms with Crippen LogP contribution in [0.2, 0.25) is 0 Å². The molecule has 0 saturated carbocycles. The Labute approximate surface area is 272 Å². The van der Waals surface area contributed by atoms with Crippen molar-refractivity contribution in [2.24, 2.45) is 0 Å². The highest BCUT2D eigenvalue weighted by atomic mass is 32.2. The van der Waals surface area contributed by atoms with Gasteiger partial charge in [0.2, 0.25) is 5.60 Å². The summed E-state index contributed by atoms with van der Waals surface area (Å²) >= 11 is 1.81. The maximum Gasteiger partial charge on any atom is 0.472 e. The zero-order valence-electron chi connectivity index (χ0n) is 27.0. The molecule has 1 unspecified atom stereocenters. The van der Waals surface area contributed by atoms with Gasteiger partial charge in [-0.05, 0) is 43.4 Å². The van der Waals surface area contributed by atoms with Gasteiger partial charge in [-0.3, -0.25) is 9.05 Å². The van der Waals surface area contributed by atoms with E-state index >= 15 is 0 Å². The third-order valence-electron chi connectivity index (χ3n) is 8.38. The molecule has 3 heterocycles. The van der Waals surface area contributed by atoms with Crippen molar-refractivity contribution >= 4 is 25.1 Å². The predicted molar refractivity (Wildman–Crippen MR) is 176 cm³/mol. The Morgan fingerprint density at radius 3 is 2.20 bits per heavy atom. The van der Waals surface area contributed by atoms with Crippen molar-refractivity contribution in [1.29, 1.82) is 5.26 Å². The smallest absolute Gasteiger partial charge is 0.387 e. The van der Waals surface area contributed by atoms with Crippen LogP contribution in [0.4, 0.5) is 0 Å². The van der Waals surface area contributed by atoms with Crippen molar-refractivity contribution in [1.82, 2.24) is 14.6 Å². The lowest BCUT2D eigenvalue weighted by Crippen LogP contribution is -2.41. The Kier molecular flexibility index (Phi) is 16.8. The molecule has 3 rings (SSSR count). The summed E-state index contributed by atoms with van der Waals surface area (Å²) in [6.45, 7) is 3.53. The highest BCUT2D eigenvalue weighted by Gasteiger charge is 2.57. The van der Waals surface area contributed by atoms with E-state index in [0.29, 0.717) is 17.6 Å². The molecule has 11 nitrogen and oxygen atoms in total. The second kappa shape index (κ2) is 20.0. The van der Waals surface area contributed by atoms with Crippen LogP contribution in [0.25, 0.3) is 5.52 Å². The van der Waals surface area contributed by atoms with Crippen LogP contribution in [0.15, 0.2) is 18.5 Å². The van der Waals surface area contributed by atoms with Gasteiger partial charge in [0.1, 0.15) is 30.7 Å². The Morgan fingerprint density at radius 2 is 1.58 bits per heavy atom. The largest absolute Gasteiger partial charge is 0.472 e. The number of aliphatic hydroxyl groups is 2. The molecule has 0 amide bonds. The number of aromatic nitrogens is 3. The normalized spacial score (nSPS) is 23.0. The van der Waals surface area contributed by atoms with Crippen molar-refractivity contribution in [2.75, 3.05) is 24.7 Å². The Hall–Kier alpha value is -1.55. The number of ether oxygens (including phenoxy) is 1. The van der Waals surface area contributed by atoms with Gasteiger partial charge in [-0.2, -0.15) is 22.1 Å². The molecule has 3 N–H and O–H groups in total. The standard InChI is InChI=1S/C32H53N4O7PS/c1-3-4-5-6-7-8-9-10-11-12-13-14-15-16-21-45-22-17-20-41-44(39,40)42-23-28-30(37)31(38)32(24-33,43-28)29-19-18-27-26(2)34-25-35-36(27)29/h18-19,25,28,30-31,37-38H,3-17,20-23H2,1-2H3,(H,39,40)/t28-,30-,31-,32+/m1/s1. The molecule has 254 valence electrons. The predicted octanol–water partition coefficient (Wildman–Crippen LogP) is 6.62. The molecule has 1 saturated heterocycles. The van der Waals surface area contributed by atoms with E-state index in [1.54, 1.807) is 19.1 Å². The average molecular weight is 669 g/mol. The van der Waals surface area contributed by atoms with Gasteiger partial charge in [0.25, 0.3) is 0 Å². The fraction of sp³-hybridized carbons (Fsp3) is 0.781. The van der Waals surface area contributed by atoms with Crippen LogP contribution in [0.1, 0.15) is 115 Å². The van der Waals surface area contributed by atoms with Crippen molar-refractivity contribution < 1.29 is 33.5 Å². The van der Waals surface area contributed by atoms with Crippen LogP contribution in [0.3, 0.4) is 0 Å². The number of nitriles is 1. The Balaban J connectivity index is 1.23. The van der Waals surface area contributed by atoms with Gasteiger partial charge < -0.3 is 19.8 Å².